The van der Waals surface area contributed by atoms with E-state index in [2.05, 4.69) is 20.4 Å². The Morgan fingerprint density at radius 2 is 2.00 bits per heavy atom. The maximum absolute atomic E-state index is 11.7. The summed E-state index contributed by atoms with van der Waals surface area (Å²) in [5.74, 6) is 1.25. The van der Waals surface area contributed by atoms with Gasteiger partial charge in [-0.05, 0) is 0 Å². The number of pyridine rings is 1. The summed E-state index contributed by atoms with van der Waals surface area (Å²) in [6.45, 7) is 2.02. The van der Waals surface area contributed by atoms with Crippen molar-refractivity contribution < 1.29 is 41.6 Å². The molecule has 0 aliphatic carbocycles. The molecule has 95 valence electrons. The van der Waals surface area contributed by atoms with Crippen LogP contribution in [0.3, 0.4) is 0 Å². The molecular weight excluding hydrogens is 484 g/mol. The van der Waals surface area contributed by atoms with E-state index >= 15 is 0 Å². The van der Waals surface area contributed by atoms with Crippen molar-refractivity contribution >= 4 is 20.0 Å². The summed E-state index contributed by atoms with van der Waals surface area (Å²) in [5, 5.41) is 0. The second-order valence-corrected chi connectivity index (χ2v) is 10.1. The second-order valence-electron chi connectivity index (χ2n) is 3.87. The van der Waals surface area contributed by atoms with Crippen LogP contribution >= 0.6 is 14.0 Å². The Balaban J connectivity index is 2.15. The first-order valence-corrected chi connectivity index (χ1v) is 18.1. The van der Waals surface area contributed by atoms with Gasteiger partial charge in [0.05, 0.1) is 0 Å². The van der Waals surface area contributed by atoms with Crippen LogP contribution in [0.25, 0.3) is 0 Å². The van der Waals surface area contributed by atoms with Crippen LogP contribution in [0.4, 0.5) is 0 Å². The first kappa shape index (κ1) is 15.1. The van der Waals surface area contributed by atoms with Crippen molar-refractivity contribution in [3.8, 4) is 11.5 Å². The van der Waals surface area contributed by atoms with Gasteiger partial charge in [0.15, 0.2) is 0 Å². The normalized spacial score (nSPS) is 9.58. The number of hydrogen-bond donors (Lipinski definition) is 1. The van der Waals surface area contributed by atoms with Gasteiger partial charge in [-0.2, -0.15) is 0 Å². The summed E-state index contributed by atoms with van der Waals surface area (Å²) in [4.78, 5) is 15.8. The number of benzene rings is 1. The molecule has 2 rings (SSSR count). The van der Waals surface area contributed by atoms with Crippen molar-refractivity contribution in [3.63, 3.8) is 0 Å². The summed E-state index contributed by atoms with van der Waals surface area (Å²) in [7, 11) is 0. The molecule has 0 bridgehead atoms. The summed E-state index contributed by atoms with van der Waals surface area (Å²) in [6, 6.07) is 11.2. The van der Waals surface area contributed by atoms with Gasteiger partial charge < -0.3 is 0 Å². The second kappa shape index (κ2) is 7.50. The quantitative estimate of drug-likeness (QED) is 0.664. The average molecular weight is 495 g/mol. The van der Waals surface area contributed by atoms with Crippen molar-refractivity contribution in [1.82, 2.24) is 6.32 Å². The Hall–Kier alpha value is -0.266. The van der Waals surface area contributed by atoms with E-state index in [9.17, 15) is 4.79 Å². The minimum atomic E-state index is -1.11. The van der Waals surface area contributed by atoms with Crippen LogP contribution in [0.5, 0.6) is 11.5 Å². The van der Waals surface area contributed by atoms with Gasteiger partial charge in [0.1, 0.15) is 0 Å². The topological polar surface area (TPSA) is 51.2 Å². The molecular formula is C13H11IN2O2Pr. The van der Waals surface area contributed by atoms with Gasteiger partial charge in [-0.3, -0.25) is 0 Å². The van der Waals surface area contributed by atoms with E-state index < -0.39 is 32.0 Å². The van der Waals surface area contributed by atoms with Gasteiger partial charge >= 0.3 is 140 Å². The van der Waals surface area contributed by atoms with E-state index in [4.69, 9.17) is 4.74 Å². The molecule has 1 heterocycles. The SMILES string of the molecule is Cc1ccc(Oc2ccnc(C(=O)[NH][Pr][I])c2)cc1. The van der Waals surface area contributed by atoms with Crippen molar-refractivity contribution in [2.24, 2.45) is 0 Å². The van der Waals surface area contributed by atoms with Gasteiger partial charge in [-0.15, -0.1) is 0 Å². The summed E-state index contributed by atoms with van der Waals surface area (Å²) >= 11 is 1.16. The first-order chi connectivity index (χ1) is 9.19. The fraction of sp³-hybridized carbons (Fsp3) is 0.0769. The molecule has 0 aliphatic rings. The van der Waals surface area contributed by atoms with E-state index in [1.54, 1.807) is 18.3 Å². The number of rotatable bonds is 4. The number of halogens is 1. The Kier molecular flexibility index (Phi) is 5.97. The van der Waals surface area contributed by atoms with Crippen LogP contribution in [0.15, 0.2) is 42.6 Å². The molecule has 0 spiro atoms. The van der Waals surface area contributed by atoms with Gasteiger partial charge in [-0.25, -0.2) is 0 Å². The molecule has 0 atom stereocenters. The van der Waals surface area contributed by atoms with Gasteiger partial charge in [0.25, 0.3) is 0 Å². The molecule has 1 aromatic carbocycles. The van der Waals surface area contributed by atoms with Crippen molar-refractivity contribution in [1.29, 1.82) is 0 Å². The zero-order chi connectivity index (χ0) is 13.7. The first-order valence-electron chi connectivity index (χ1n) is 5.62. The van der Waals surface area contributed by atoms with E-state index in [1.165, 1.54) is 5.56 Å². The third-order valence-electron chi connectivity index (χ3n) is 2.41. The molecule has 0 radical (unpaired) electrons. The van der Waals surface area contributed by atoms with Crippen LogP contribution in [0.2, 0.25) is 0 Å². The van der Waals surface area contributed by atoms with Crippen molar-refractivity contribution in [2.75, 3.05) is 0 Å². The number of carbonyl (C=O) groups is 1. The van der Waals surface area contributed by atoms with Crippen LogP contribution in [0, 0.1) is 39.0 Å². The van der Waals surface area contributed by atoms with E-state index in [1.807, 2.05) is 31.2 Å². The Morgan fingerprint density at radius 3 is 2.68 bits per heavy atom. The van der Waals surface area contributed by atoms with E-state index in [0.717, 1.165) is 5.75 Å². The zero-order valence-electron chi connectivity index (χ0n) is 10.3. The fourth-order valence-corrected chi connectivity index (χ4v) is 4.35. The van der Waals surface area contributed by atoms with Crippen LogP contribution in [0.1, 0.15) is 16.1 Å². The van der Waals surface area contributed by atoms with Crippen molar-refractivity contribution in [2.45, 2.75) is 6.92 Å². The van der Waals surface area contributed by atoms with Crippen LogP contribution in [-0.4, -0.2) is 10.9 Å². The van der Waals surface area contributed by atoms with Crippen LogP contribution in [-0.2, 0) is 0 Å². The Labute approximate surface area is 138 Å². The predicted molar refractivity (Wildman–Crippen MR) is 77.0 cm³/mol. The minimum absolute atomic E-state index is 0.112. The van der Waals surface area contributed by atoms with Gasteiger partial charge in [-0.1, -0.05) is 0 Å². The standard InChI is InChI=1S/C13H12N2O2.HI.Pr/c1-9-2-4-10(5-3-9)17-11-6-7-15-12(8-11)13(14)16;;/h2-8H,1H3,(H2,14,16);1H;/q;;+2/p-2. The predicted octanol–water partition coefficient (Wildman–Crippen LogP) is 3.26. The van der Waals surface area contributed by atoms with Gasteiger partial charge in [0.2, 0.25) is 0 Å². The monoisotopic (exact) mass is 495 g/mol. The molecule has 1 amide bonds. The number of ether oxygens (including phenoxy) is 1. The number of aromatic nitrogens is 1. The maximum atomic E-state index is 11.7. The molecule has 1 N–H and O–H groups in total. The number of aryl methyl sites for hydroxylation is 1. The van der Waals surface area contributed by atoms with E-state index in [-0.39, 0.29) is 5.91 Å². The molecule has 0 aliphatic heterocycles. The molecule has 19 heavy (non-hydrogen) atoms. The Bertz CT molecular complexity index is 575. The van der Waals surface area contributed by atoms with E-state index in [0.29, 0.717) is 11.4 Å². The molecule has 6 heteroatoms. The fourth-order valence-electron chi connectivity index (χ4n) is 1.46. The third kappa shape index (κ3) is 4.65. The number of carbonyl (C=O) groups excluding carboxylic acids is 1. The number of hydrogen-bond acceptors (Lipinski definition) is 3. The molecule has 1 aromatic heterocycles. The molecule has 4 nitrogen and oxygen atoms in total. The number of nitrogens with zero attached hydrogens (tertiary/aromatic N) is 1. The Morgan fingerprint density at radius 1 is 1.26 bits per heavy atom. The molecule has 0 unspecified atom stereocenters. The molecule has 0 saturated heterocycles. The summed E-state index contributed by atoms with van der Waals surface area (Å²) in [6.07, 6.45) is 1.58. The molecule has 2 aromatic rings. The molecule has 0 fully saturated rings. The van der Waals surface area contributed by atoms with Gasteiger partial charge in [0, 0.05) is 0 Å². The van der Waals surface area contributed by atoms with Crippen molar-refractivity contribution in [3.05, 3.63) is 53.9 Å². The third-order valence-corrected chi connectivity index (χ3v) is 5.91. The number of amides is 1. The number of nitrogens with one attached hydrogen (secondary N) is 1. The summed E-state index contributed by atoms with van der Waals surface area (Å²) < 4.78 is 8.60. The van der Waals surface area contributed by atoms with Crippen LogP contribution < -0.4 is 6.08 Å². The summed E-state index contributed by atoms with van der Waals surface area (Å²) in [5.41, 5.74) is 1.58. The molecule has 0 saturated carbocycles. The zero-order valence-corrected chi connectivity index (χ0v) is 16.1. The average Bonchev–Trinajstić information content (AvgIpc) is 2.42.